The van der Waals surface area contributed by atoms with Gasteiger partial charge in [0, 0.05) is 0 Å². The van der Waals surface area contributed by atoms with Gasteiger partial charge in [-0.1, -0.05) is 0 Å². The van der Waals surface area contributed by atoms with E-state index in [9.17, 15) is 0 Å². The van der Waals surface area contributed by atoms with Crippen molar-refractivity contribution in [2.45, 2.75) is 0 Å². The van der Waals surface area contributed by atoms with Gasteiger partial charge in [0.1, 0.15) is 0 Å². The summed E-state index contributed by atoms with van der Waals surface area (Å²) in [4.78, 5) is 0. The summed E-state index contributed by atoms with van der Waals surface area (Å²) < 4.78 is 21.4. The maximum absolute atomic E-state index is 8.95. The molecule has 0 aromatic carbocycles. The van der Waals surface area contributed by atoms with Crippen LogP contribution in [0.4, 0.5) is 0 Å². The molecule has 0 aliphatic carbocycles. The first-order valence-electron chi connectivity index (χ1n) is 0.943. The zero-order valence-corrected chi connectivity index (χ0v) is 3.38. The van der Waals surface area contributed by atoms with Crippen molar-refractivity contribution in [2.24, 2.45) is 0 Å². The van der Waals surface area contributed by atoms with Crippen molar-refractivity contribution in [1.82, 2.24) is 0 Å². The third-order valence-corrected chi connectivity index (χ3v) is 0.111. The van der Waals surface area contributed by atoms with Gasteiger partial charge in [-0.3, -0.25) is 0 Å². The van der Waals surface area contributed by atoms with Crippen LogP contribution >= 0.6 is 0 Å². The van der Waals surface area contributed by atoms with Crippen molar-refractivity contribution in [3.8, 4) is 0 Å². The Balaban J connectivity index is -0.0000000800. The molecule has 0 aromatic heterocycles. The second-order valence-electron chi connectivity index (χ2n) is 0.329. The molecule has 40 valence electrons. The maximum atomic E-state index is 8.95. The molecule has 0 aliphatic heterocycles. The molecule has 7 heavy (non-hydrogen) atoms. The standard InChI is InChI=1S/B2O3.2H2O/c3-1-5-2-4;;/h;2*1H2. The minimum atomic E-state index is 0. The summed E-state index contributed by atoms with van der Waals surface area (Å²) in [5, 5.41) is 0. The second kappa shape index (κ2) is 18.0. The van der Waals surface area contributed by atoms with Crippen molar-refractivity contribution < 1.29 is 24.9 Å². The molecule has 7 heteroatoms. The summed E-state index contributed by atoms with van der Waals surface area (Å²) in [5.41, 5.74) is 0. The van der Waals surface area contributed by atoms with Crippen molar-refractivity contribution >= 4 is 14.7 Å². The summed E-state index contributed by atoms with van der Waals surface area (Å²) in [5.74, 6) is 0. The van der Waals surface area contributed by atoms with Gasteiger partial charge in [0.25, 0.3) is 0 Å². The van der Waals surface area contributed by atoms with Crippen LogP contribution in [0, 0.1) is 0 Å². The van der Waals surface area contributed by atoms with E-state index in [1.807, 2.05) is 0 Å². The number of rotatable bonds is 2. The first kappa shape index (κ1) is 16.1. The van der Waals surface area contributed by atoms with Crippen LogP contribution < -0.4 is 0 Å². The van der Waals surface area contributed by atoms with E-state index in [-0.39, 0.29) is 25.7 Å². The Morgan fingerprint density at radius 1 is 1.00 bits per heavy atom. The number of hydrogen-bond donors (Lipinski definition) is 0. The monoisotopic (exact) mass is 106 g/mol. The van der Waals surface area contributed by atoms with Crippen LogP contribution in [0.2, 0.25) is 0 Å². The predicted octanol–water partition coefficient (Wildman–Crippen LogP) is -2.72. The van der Waals surface area contributed by atoms with Crippen LogP contribution in [-0.4, -0.2) is 25.7 Å². The van der Waals surface area contributed by atoms with Gasteiger partial charge in [-0.25, -0.2) is 0 Å². The topological polar surface area (TPSA) is 106 Å². The summed E-state index contributed by atoms with van der Waals surface area (Å²) >= 11 is 0. The molecule has 0 unspecified atom stereocenters. The average Bonchev–Trinajstić information content (AvgIpc) is 1.41. The summed E-state index contributed by atoms with van der Waals surface area (Å²) in [6.07, 6.45) is 0. The molecule has 0 saturated heterocycles. The predicted molar refractivity (Wildman–Crippen MR) is 21.2 cm³/mol. The fourth-order valence-corrected chi connectivity index (χ4v) is 0.0227. The third-order valence-electron chi connectivity index (χ3n) is 0.111. The van der Waals surface area contributed by atoms with Crippen LogP contribution in [0.5, 0.6) is 0 Å². The van der Waals surface area contributed by atoms with E-state index >= 15 is 0 Å². The Kier molecular flexibility index (Phi) is 41.3. The van der Waals surface area contributed by atoms with Crippen LogP contribution in [-0.2, 0) is 14.0 Å². The van der Waals surface area contributed by atoms with Crippen molar-refractivity contribution in [2.75, 3.05) is 0 Å². The summed E-state index contributed by atoms with van der Waals surface area (Å²) in [7, 11) is 0.125. The summed E-state index contributed by atoms with van der Waals surface area (Å²) in [6.45, 7) is 0. The molecule has 0 amide bonds. The molecule has 0 heterocycles. The molecule has 0 spiro atoms. The molecule has 0 rings (SSSR count). The van der Waals surface area contributed by atoms with Gasteiger partial charge in [0.15, 0.2) is 0 Å². The van der Waals surface area contributed by atoms with E-state index in [0.717, 1.165) is 0 Å². The Labute approximate surface area is 40.8 Å². The van der Waals surface area contributed by atoms with Crippen LogP contribution in [0.1, 0.15) is 0 Å². The molecule has 0 aliphatic rings. The molecule has 0 aromatic rings. The zero-order valence-electron chi connectivity index (χ0n) is 3.38. The molecular weight excluding hydrogens is 102 g/mol. The van der Waals surface area contributed by atoms with E-state index in [4.69, 9.17) is 9.41 Å². The van der Waals surface area contributed by atoms with Crippen molar-refractivity contribution in [3.05, 3.63) is 0 Å². The molecule has 0 bridgehead atoms. The van der Waals surface area contributed by atoms with Gasteiger partial charge in [0.05, 0.1) is 0 Å². The Bertz CT molecular complexity index is 35.3. The van der Waals surface area contributed by atoms with Crippen LogP contribution in [0.15, 0.2) is 0 Å². The normalized spacial score (nSPS) is 2.86. The number of hydrogen-bond acceptors (Lipinski definition) is 3. The molecular formula is H4B2O5. The summed E-state index contributed by atoms with van der Waals surface area (Å²) in [6, 6.07) is 0. The first-order valence-corrected chi connectivity index (χ1v) is 0.943. The van der Waals surface area contributed by atoms with E-state index in [1.165, 1.54) is 0 Å². The van der Waals surface area contributed by atoms with E-state index < -0.39 is 0 Å². The molecule has 0 atom stereocenters. The van der Waals surface area contributed by atoms with Gasteiger partial charge >= 0.3 is 28.7 Å². The minimum absolute atomic E-state index is 0. The van der Waals surface area contributed by atoms with Gasteiger partial charge in [-0.05, 0) is 0 Å². The fourth-order valence-electron chi connectivity index (χ4n) is 0.0227. The molecule has 4 N–H and O–H groups in total. The Hall–Kier alpha value is -0.550. The van der Waals surface area contributed by atoms with Gasteiger partial charge in [-0.2, -0.15) is 0 Å². The van der Waals surface area contributed by atoms with Gasteiger partial charge in [0.2, 0.25) is 0 Å². The van der Waals surface area contributed by atoms with Crippen molar-refractivity contribution in [3.63, 3.8) is 0 Å². The van der Waals surface area contributed by atoms with E-state index in [2.05, 4.69) is 4.57 Å². The Morgan fingerprint density at radius 2 is 1.29 bits per heavy atom. The van der Waals surface area contributed by atoms with E-state index in [0.29, 0.717) is 0 Å². The third kappa shape index (κ3) is 30.9. The molecule has 0 saturated carbocycles. The van der Waals surface area contributed by atoms with E-state index in [1.54, 1.807) is 0 Å². The van der Waals surface area contributed by atoms with Gasteiger partial charge in [-0.15, -0.1) is 0 Å². The first-order chi connectivity index (χ1) is 2.41. The quantitative estimate of drug-likeness (QED) is 0.356. The average molecular weight is 106 g/mol. The molecule has 0 radical (unpaired) electrons. The Morgan fingerprint density at radius 3 is 1.29 bits per heavy atom. The van der Waals surface area contributed by atoms with Crippen molar-refractivity contribution in [1.29, 1.82) is 0 Å². The van der Waals surface area contributed by atoms with Crippen LogP contribution in [0.25, 0.3) is 0 Å². The van der Waals surface area contributed by atoms with Gasteiger partial charge < -0.3 is 11.0 Å². The molecule has 5 nitrogen and oxygen atoms in total. The molecule has 0 fully saturated rings. The second-order valence-corrected chi connectivity index (χ2v) is 0.329. The fraction of sp³-hybridized carbons (Fsp3) is 0. The van der Waals surface area contributed by atoms with Crippen LogP contribution in [0.3, 0.4) is 0 Å². The zero-order chi connectivity index (χ0) is 4.12. The SMILES string of the molecule is O.O.O=BOB=O.